The lowest BCUT2D eigenvalue weighted by atomic mass is 10.1. The predicted octanol–water partition coefficient (Wildman–Crippen LogP) is 3.70. The van der Waals surface area contributed by atoms with Crippen LogP contribution in [-0.2, 0) is 6.54 Å². The Kier molecular flexibility index (Phi) is 5.02. The molecule has 4 heteroatoms. The summed E-state index contributed by atoms with van der Waals surface area (Å²) < 4.78 is 0. The molecule has 1 amide bonds. The molecule has 0 spiro atoms. The summed E-state index contributed by atoms with van der Waals surface area (Å²) in [5, 5.41) is 6.76. The van der Waals surface area contributed by atoms with Crippen molar-refractivity contribution in [3.05, 3.63) is 64.7 Å². The number of para-hydroxylation sites is 1. The Morgan fingerprint density at radius 3 is 2.70 bits per heavy atom. The van der Waals surface area contributed by atoms with E-state index >= 15 is 0 Å². The van der Waals surface area contributed by atoms with Gasteiger partial charge in [0.25, 0.3) is 5.91 Å². The third-order valence-corrected chi connectivity index (χ3v) is 3.12. The van der Waals surface area contributed by atoms with E-state index in [1.54, 1.807) is 0 Å². The number of hydrogen-bond acceptors (Lipinski definition) is 2. The van der Waals surface area contributed by atoms with E-state index < -0.39 is 0 Å². The monoisotopic (exact) mass is 288 g/mol. The summed E-state index contributed by atoms with van der Waals surface area (Å²) in [6, 6.07) is 14.9. The largest absolute Gasteiger partial charge is 0.385 e. The van der Waals surface area contributed by atoms with Crippen LogP contribution in [-0.4, -0.2) is 12.5 Å². The minimum absolute atomic E-state index is 0.0958. The predicted molar refractivity (Wildman–Crippen MR) is 83.2 cm³/mol. The lowest BCUT2D eigenvalue weighted by Gasteiger charge is -2.11. The van der Waals surface area contributed by atoms with E-state index in [-0.39, 0.29) is 5.91 Å². The van der Waals surface area contributed by atoms with Crippen molar-refractivity contribution >= 4 is 23.2 Å². The van der Waals surface area contributed by atoms with Crippen LogP contribution in [0.2, 0.25) is 5.02 Å². The van der Waals surface area contributed by atoms with Crippen LogP contribution in [0.3, 0.4) is 0 Å². The molecule has 2 N–H and O–H groups in total. The molecule has 0 aliphatic rings. The Balaban J connectivity index is 2.05. The summed E-state index contributed by atoms with van der Waals surface area (Å²) in [7, 11) is 0. The van der Waals surface area contributed by atoms with Gasteiger partial charge in [0.15, 0.2) is 0 Å². The second-order valence-electron chi connectivity index (χ2n) is 4.39. The standard InChI is InChI=1S/C16H17ClN2O/c1-2-18-15-9-4-3-8-14(15)16(20)19-11-12-6-5-7-13(17)10-12/h3-10,18H,2,11H2,1H3,(H,19,20). The highest BCUT2D eigenvalue weighted by molar-refractivity contribution is 6.30. The number of carbonyl (C=O) groups is 1. The minimum atomic E-state index is -0.0958. The summed E-state index contributed by atoms with van der Waals surface area (Å²) in [5.74, 6) is -0.0958. The Morgan fingerprint density at radius 2 is 1.95 bits per heavy atom. The van der Waals surface area contributed by atoms with Crippen molar-refractivity contribution in [2.45, 2.75) is 13.5 Å². The van der Waals surface area contributed by atoms with Crippen molar-refractivity contribution in [1.82, 2.24) is 5.32 Å². The molecule has 20 heavy (non-hydrogen) atoms. The minimum Gasteiger partial charge on any atom is -0.385 e. The average Bonchev–Trinajstić information content (AvgIpc) is 2.46. The summed E-state index contributed by atoms with van der Waals surface area (Å²) in [4.78, 5) is 12.2. The van der Waals surface area contributed by atoms with E-state index in [1.807, 2.05) is 55.5 Å². The van der Waals surface area contributed by atoms with Crippen LogP contribution in [0.25, 0.3) is 0 Å². The number of carbonyl (C=O) groups excluding carboxylic acids is 1. The van der Waals surface area contributed by atoms with Crippen LogP contribution in [0.5, 0.6) is 0 Å². The van der Waals surface area contributed by atoms with Gasteiger partial charge in [-0.25, -0.2) is 0 Å². The maximum absolute atomic E-state index is 12.2. The number of hydrogen-bond donors (Lipinski definition) is 2. The van der Waals surface area contributed by atoms with E-state index in [9.17, 15) is 4.79 Å². The highest BCUT2D eigenvalue weighted by atomic mass is 35.5. The molecule has 0 bridgehead atoms. The summed E-state index contributed by atoms with van der Waals surface area (Å²) in [6.07, 6.45) is 0. The third kappa shape index (κ3) is 3.75. The zero-order valence-electron chi connectivity index (χ0n) is 11.3. The fraction of sp³-hybridized carbons (Fsp3) is 0.188. The smallest absolute Gasteiger partial charge is 0.253 e. The molecule has 0 aliphatic heterocycles. The van der Waals surface area contributed by atoms with Crippen LogP contribution in [0.15, 0.2) is 48.5 Å². The van der Waals surface area contributed by atoms with Gasteiger partial charge in [-0.15, -0.1) is 0 Å². The van der Waals surface area contributed by atoms with E-state index in [2.05, 4.69) is 10.6 Å². The Labute approximate surface area is 124 Å². The molecule has 0 aromatic heterocycles. The third-order valence-electron chi connectivity index (χ3n) is 2.88. The maximum atomic E-state index is 12.2. The van der Waals surface area contributed by atoms with Crippen molar-refractivity contribution in [2.24, 2.45) is 0 Å². The van der Waals surface area contributed by atoms with Gasteiger partial charge in [-0.05, 0) is 36.8 Å². The second-order valence-corrected chi connectivity index (χ2v) is 4.82. The van der Waals surface area contributed by atoms with Crippen molar-refractivity contribution in [3.8, 4) is 0 Å². The molecule has 0 aliphatic carbocycles. The van der Waals surface area contributed by atoms with Gasteiger partial charge in [0.05, 0.1) is 5.56 Å². The molecule has 0 radical (unpaired) electrons. The van der Waals surface area contributed by atoms with Crippen LogP contribution >= 0.6 is 11.6 Å². The lowest BCUT2D eigenvalue weighted by Crippen LogP contribution is -2.23. The van der Waals surface area contributed by atoms with Crippen molar-refractivity contribution in [3.63, 3.8) is 0 Å². The number of amides is 1. The van der Waals surface area contributed by atoms with Gasteiger partial charge in [0.2, 0.25) is 0 Å². The number of rotatable bonds is 5. The number of benzene rings is 2. The van der Waals surface area contributed by atoms with Crippen molar-refractivity contribution in [1.29, 1.82) is 0 Å². The topological polar surface area (TPSA) is 41.1 Å². The first-order valence-electron chi connectivity index (χ1n) is 6.56. The molecule has 3 nitrogen and oxygen atoms in total. The average molecular weight is 289 g/mol. The number of anilines is 1. The molecule has 104 valence electrons. The normalized spacial score (nSPS) is 10.1. The molecule has 0 fully saturated rings. The zero-order valence-corrected chi connectivity index (χ0v) is 12.1. The summed E-state index contributed by atoms with van der Waals surface area (Å²) >= 11 is 5.92. The van der Waals surface area contributed by atoms with Gasteiger partial charge in [-0.2, -0.15) is 0 Å². The van der Waals surface area contributed by atoms with Crippen LogP contribution in [0.1, 0.15) is 22.8 Å². The summed E-state index contributed by atoms with van der Waals surface area (Å²) in [6.45, 7) is 3.24. The van der Waals surface area contributed by atoms with Gasteiger partial charge in [0, 0.05) is 23.8 Å². The fourth-order valence-electron chi connectivity index (χ4n) is 1.95. The van der Waals surface area contributed by atoms with Crippen molar-refractivity contribution in [2.75, 3.05) is 11.9 Å². The summed E-state index contributed by atoms with van der Waals surface area (Å²) in [5.41, 5.74) is 2.47. The molecule has 0 saturated heterocycles. The lowest BCUT2D eigenvalue weighted by molar-refractivity contribution is 0.0951. The quantitative estimate of drug-likeness (QED) is 0.881. The molecule has 0 atom stereocenters. The van der Waals surface area contributed by atoms with E-state index in [0.717, 1.165) is 17.8 Å². The molecule has 2 rings (SSSR count). The van der Waals surface area contributed by atoms with Crippen LogP contribution in [0, 0.1) is 0 Å². The van der Waals surface area contributed by atoms with E-state index in [1.165, 1.54) is 0 Å². The SMILES string of the molecule is CCNc1ccccc1C(=O)NCc1cccc(Cl)c1. The maximum Gasteiger partial charge on any atom is 0.253 e. The Bertz CT molecular complexity index is 599. The zero-order chi connectivity index (χ0) is 14.4. The van der Waals surface area contributed by atoms with Gasteiger partial charge in [0.1, 0.15) is 0 Å². The van der Waals surface area contributed by atoms with Crippen LogP contribution < -0.4 is 10.6 Å². The highest BCUT2D eigenvalue weighted by Crippen LogP contribution is 2.15. The van der Waals surface area contributed by atoms with E-state index in [0.29, 0.717) is 17.1 Å². The van der Waals surface area contributed by atoms with Crippen LogP contribution in [0.4, 0.5) is 5.69 Å². The van der Waals surface area contributed by atoms with Gasteiger partial charge in [-0.1, -0.05) is 35.9 Å². The number of nitrogens with one attached hydrogen (secondary N) is 2. The molecule has 0 heterocycles. The molecule has 2 aromatic rings. The molecular weight excluding hydrogens is 272 g/mol. The van der Waals surface area contributed by atoms with Gasteiger partial charge >= 0.3 is 0 Å². The number of halogens is 1. The Hall–Kier alpha value is -2.00. The Morgan fingerprint density at radius 1 is 1.15 bits per heavy atom. The fourth-order valence-corrected chi connectivity index (χ4v) is 2.16. The molecule has 2 aromatic carbocycles. The molecule has 0 unspecified atom stereocenters. The first-order valence-corrected chi connectivity index (χ1v) is 6.94. The van der Waals surface area contributed by atoms with Crippen molar-refractivity contribution < 1.29 is 4.79 Å². The van der Waals surface area contributed by atoms with Gasteiger partial charge < -0.3 is 10.6 Å². The molecule has 0 saturated carbocycles. The molecular formula is C16H17ClN2O. The highest BCUT2D eigenvalue weighted by Gasteiger charge is 2.09. The van der Waals surface area contributed by atoms with E-state index in [4.69, 9.17) is 11.6 Å². The first-order chi connectivity index (χ1) is 9.70. The van der Waals surface area contributed by atoms with Gasteiger partial charge in [-0.3, -0.25) is 4.79 Å². The second kappa shape index (κ2) is 6.96. The first kappa shape index (κ1) is 14.4.